The maximum Gasteiger partial charge on any atom is 0.432 e. The molecule has 0 N–H and O–H groups in total. The number of alkyl halides is 3. The maximum absolute atomic E-state index is 14.3. The molecule has 0 aliphatic heterocycles. The van der Waals surface area contributed by atoms with Gasteiger partial charge >= 0.3 is 12.1 Å². The van der Waals surface area contributed by atoms with Crippen LogP contribution in [-0.4, -0.2) is 33.4 Å². The Hall–Kier alpha value is -1.82. The summed E-state index contributed by atoms with van der Waals surface area (Å²) in [5.41, 5.74) is -0.567. The number of hydrogen-bond acceptors (Lipinski definition) is 3. The van der Waals surface area contributed by atoms with E-state index in [1.54, 1.807) is 6.07 Å². The molecular weight excluding hydrogens is 409 g/mol. The summed E-state index contributed by atoms with van der Waals surface area (Å²) in [4.78, 5) is 13.2. The fourth-order valence-corrected chi connectivity index (χ4v) is 5.88. The summed E-state index contributed by atoms with van der Waals surface area (Å²) in [7, 11) is -1.16. The second-order valence-electron chi connectivity index (χ2n) is 8.81. The van der Waals surface area contributed by atoms with E-state index in [2.05, 4.69) is 32.0 Å². The lowest BCUT2D eigenvalue weighted by Crippen LogP contribution is -2.53. The topological polar surface area (TPSA) is 35.5 Å². The van der Waals surface area contributed by atoms with E-state index in [0.29, 0.717) is 0 Å². The van der Waals surface area contributed by atoms with E-state index < -0.39 is 31.9 Å². The number of ether oxygens (including phenoxy) is 2. The number of halogens is 3. The first-order valence-electron chi connectivity index (χ1n) is 10.3. The molecule has 2 atom stereocenters. The highest BCUT2D eigenvalue weighted by atomic mass is 28.3. The molecule has 0 spiro atoms. The van der Waals surface area contributed by atoms with Gasteiger partial charge in [0.05, 0.1) is 8.07 Å². The molecule has 1 saturated carbocycles. The third-order valence-electron chi connectivity index (χ3n) is 5.77. The predicted octanol–water partition coefficient (Wildman–Crippen LogP) is 6.17. The molecule has 0 radical (unpaired) electrons. The molecule has 1 aliphatic carbocycles. The van der Waals surface area contributed by atoms with Crippen molar-refractivity contribution in [2.45, 2.75) is 69.6 Å². The number of carbonyl (C=O) groups excluding carboxylic acids is 1. The van der Waals surface area contributed by atoms with Crippen molar-refractivity contribution in [1.29, 1.82) is 0 Å². The second kappa shape index (κ2) is 9.54. The van der Waals surface area contributed by atoms with Gasteiger partial charge in [-0.15, -0.1) is 5.73 Å². The van der Waals surface area contributed by atoms with Crippen LogP contribution < -0.4 is 0 Å². The van der Waals surface area contributed by atoms with Crippen molar-refractivity contribution >= 4 is 14.0 Å². The van der Waals surface area contributed by atoms with Gasteiger partial charge in [-0.1, -0.05) is 75.8 Å². The number of hydrogen-bond donors (Lipinski definition) is 0. The molecule has 30 heavy (non-hydrogen) atoms. The number of benzene rings is 1. The molecular formula is C23H31F3O3Si. The molecule has 1 aromatic carbocycles. The van der Waals surface area contributed by atoms with E-state index in [1.807, 2.05) is 0 Å². The lowest BCUT2D eigenvalue weighted by Gasteiger charge is -2.38. The van der Waals surface area contributed by atoms with Gasteiger partial charge in [0.1, 0.15) is 6.10 Å². The minimum Gasteiger partial charge on any atom is -0.455 e. The van der Waals surface area contributed by atoms with Crippen LogP contribution in [0.25, 0.3) is 0 Å². The highest BCUT2D eigenvalue weighted by molar-refractivity contribution is 6.83. The summed E-state index contributed by atoms with van der Waals surface area (Å²) < 4.78 is 53.4. The minimum absolute atomic E-state index is 0.0442. The summed E-state index contributed by atoms with van der Waals surface area (Å²) in [5, 5.41) is 0.739. The van der Waals surface area contributed by atoms with Gasteiger partial charge in [0.15, 0.2) is 0 Å². The van der Waals surface area contributed by atoms with Crippen LogP contribution in [0.4, 0.5) is 13.2 Å². The van der Waals surface area contributed by atoms with Crippen molar-refractivity contribution in [2.24, 2.45) is 5.92 Å². The number of carbonyl (C=O) groups is 1. The zero-order chi connectivity index (χ0) is 22.6. The SMILES string of the molecule is C=C=C([C@H](OC(=O)C(OC)(c1ccccc1)C(F)(F)F)C1CCCCC1)[Si](C)(C)C. The number of esters is 1. The van der Waals surface area contributed by atoms with Crippen molar-refractivity contribution in [1.82, 2.24) is 0 Å². The summed E-state index contributed by atoms with van der Waals surface area (Å²) in [6.07, 6.45) is -1.18. The largest absolute Gasteiger partial charge is 0.455 e. The van der Waals surface area contributed by atoms with Crippen molar-refractivity contribution < 1.29 is 27.4 Å². The van der Waals surface area contributed by atoms with Crippen LogP contribution in [0.1, 0.15) is 37.7 Å². The van der Waals surface area contributed by atoms with Gasteiger partial charge in [0.25, 0.3) is 5.60 Å². The maximum atomic E-state index is 14.3. The van der Waals surface area contributed by atoms with Gasteiger partial charge in [0.2, 0.25) is 0 Å². The van der Waals surface area contributed by atoms with Crippen LogP contribution in [-0.2, 0) is 19.9 Å². The zero-order valence-electron chi connectivity index (χ0n) is 18.1. The Labute approximate surface area is 178 Å². The average Bonchev–Trinajstić information content (AvgIpc) is 2.68. The molecule has 3 nitrogen and oxygen atoms in total. The van der Waals surface area contributed by atoms with E-state index in [4.69, 9.17) is 9.47 Å². The van der Waals surface area contributed by atoms with Crippen LogP contribution in [0.5, 0.6) is 0 Å². The van der Waals surface area contributed by atoms with Gasteiger partial charge in [-0.25, -0.2) is 4.79 Å². The lowest BCUT2D eigenvalue weighted by atomic mass is 9.84. The molecule has 166 valence electrons. The second-order valence-corrected chi connectivity index (χ2v) is 13.9. The fraction of sp³-hybridized carbons (Fsp3) is 0.565. The molecule has 0 heterocycles. The molecule has 0 saturated heterocycles. The molecule has 0 amide bonds. The third kappa shape index (κ3) is 4.90. The summed E-state index contributed by atoms with van der Waals surface area (Å²) in [5.74, 6) is -1.48. The van der Waals surface area contributed by atoms with E-state index in [-0.39, 0.29) is 11.5 Å². The van der Waals surface area contributed by atoms with Crippen LogP contribution in [0.2, 0.25) is 19.6 Å². The Balaban J connectivity index is 2.53. The van der Waals surface area contributed by atoms with E-state index in [0.717, 1.165) is 44.4 Å². The molecule has 1 aromatic rings. The summed E-state index contributed by atoms with van der Waals surface area (Å²) >= 11 is 0. The van der Waals surface area contributed by atoms with Gasteiger partial charge < -0.3 is 9.47 Å². The molecule has 0 aromatic heterocycles. The Morgan fingerprint density at radius 2 is 1.70 bits per heavy atom. The first-order valence-corrected chi connectivity index (χ1v) is 13.8. The smallest absolute Gasteiger partial charge is 0.432 e. The average molecular weight is 441 g/mol. The van der Waals surface area contributed by atoms with E-state index >= 15 is 0 Å². The van der Waals surface area contributed by atoms with Gasteiger partial charge in [-0.05, 0) is 18.0 Å². The highest BCUT2D eigenvalue weighted by Crippen LogP contribution is 2.44. The monoisotopic (exact) mass is 440 g/mol. The van der Waals surface area contributed by atoms with E-state index in [9.17, 15) is 18.0 Å². The highest BCUT2D eigenvalue weighted by Gasteiger charge is 2.64. The number of methoxy groups -OCH3 is 1. The van der Waals surface area contributed by atoms with E-state index in [1.165, 1.54) is 24.3 Å². The minimum atomic E-state index is -4.99. The quantitative estimate of drug-likeness (QED) is 0.289. The van der Waals surface area contributed by atoms with Crippen LogP contribution in [0.15, 0.2) is 47.8 Å². The van der Waals surface area contributed by atoms with Crippen LogP contribution >= 0.6 is 0 Å². The lowest BCUT2D eigenvalue weighted by molar-refractivity contribution is -0.278. The zero-order valence-corrected chi connectivity index (χ0v) is 19.1. The van der Waals surface area contributed by atoms with Crippen molar-refractivity contribution in [2.75, 3.05) is 7.11 Å². The normalized spacial score (nSPS) is 18.8. The van der Waals surface area contributed by atoms with Crippen LogP contribution in [0.3, 0.4) is 0 Å². The molecule has 1 unspecified atom stereocenters. The first kappa shape index (κ1) is 24.4. The van der Waals surface area contributed by atoms with Crippen molar-refractivity contribution in [3.05, 3.63) is 53.4 Å². The Kier molecular flexibility index (Phi) is 7.78. The van der Waals surface area contributed by atoms with Crippen molar-refractivity contribution in [3.8, 4) is 0 Å². The molecule has 1 aliphatic rings. The predicted molar refractivity (Wildman–Crippen MR) is 114 cm³/mol. The van der Waals surface area contributed by atoms with Gasteiger partial charge in [-0.3, -0.25) is 0 Å². The fourth-order valence-electron chi connectivity index (χ4n) is 4.21. The summed E-state index contributed by atoms with van der Waals surface area (Å²) in [6.45, 7) is 9.92. The van der Waals surface area contributed by atoms with Gasteiger partial charge in [0, 0.05) is 18.6 Å². The molecule has 2 rings (SSSR count). The molecule has 0 bridgehead atoms. The Morgan fingerprint density at radius 1 is 1.13 bits per heavy atom. The Morgan fingerprint density at radius 3 is 2.13 bits per heavy atom. The summed E-state index contributed by atoms with van der Waals surface area (Å²) in [6, 6.07) is 6.93. The molecule has 1 fully saturated rings. The number of rotatable bonds is 7. The first-order chi connectivity index (χ1) is 14.0. The third-order valence-corrected chi connectivity index (χ3v) is 7.85. The standard InChI is InChI=1S/C23H31F3O3Si/c1-6-19(30(3,4)5)20(17-13-9-7-10-14-17)29-21(27)22(28-2,23(24,25)26)18-15-11-8-12-16-18/h8,11-12,15-17,20H,1,7,9-10,13-14H2,2-5H3/t20-,22?/m1/s1. The Bertz CT molecular complexity index is 773. The van der Waals surface area contributed by atoms with Crippen molar-refractivity contribution in [3.63, 3.8) is 0 Å². The van der Waals surface area contributed by atoms with Gasteiger partial charge in [-0.2, -0.15) is 13.2 Å². The molecule has 7 heteroatoms. The van der Waals surface area contributed by atoms with Crippen LogP contribution in [0, 0.1) is 5.92 Å².